The number of rotatable bonds is 2. The van der Waals surface area contributed by atoms with Crippen LogP contribution in [0.5, 0.6) is 0 Å². The van der Waals surface area contributed by atoms with Gasteiger partial charge in [-0.3, -0.25) is 4.99 Å². The van der Waals surface area contributed by atoms with Gasteiger partial charge in [0.05, 0.1) is 29.0 Å². The first kappa shape index (κ1) is 12.5. The summed E-state index contributed by atoms with van der Waals surface area (Å²) in [6, 6.07) is 18.6. The lowest BCUT2D eigenvalue weighted by Crippen LogP contribution is -1.93. The molecule has 19 heavy (non-hydrogen) atoms. The first-order valence-electron chi connectivity index (χ1n) is 5.79. The Morgan fingerprint density at radius 3 is 1.79 bits per heavy atom. The maximum absolute atomic E-state index is 8.75. The summed E-state index contributed by atoms with van der Waals surface area (Å²) in [7, 11) is 0. The summed E-state index contributed by atoms with van der Waals surface area (Å²) in [5.41, 5.74) is 3.91. The molecule has 0 heterocycles. The molecule has 3 nitrogen and oxygen atoms in total. The highest BCUT2D eigenvalue weighted by molar-refractivity contribution is 6.00. The molecule has 0 bridgehead atoms. The van der Waals surface area contributed by atoms with Crippen LogP contribution < -0.4 is 0 Å². The van der Waals surface area contributed by atoms with Gasteiger partial charge in [-0.25, -0.2) is 0 Å². The Morgan fingerprint density at radius 2 is 1.32 bits per heavy atom. The van der Waals surface area contributed by atoms with Crippen LogP contribution in [0.2, 0.25) is 0 Å². The van der Waals surface area contributed by atoms with E-state index < -0.39 is 0 Å². The van der Waals surface area contributed by atoms with Crippen molar-refractivity contribution in [2.45, 2.75) is 6.92 Å². The summed E-state index contributed by atoms with van der Waals surface area (Å²) in [5, 5.41) is 17.5. The second kappa shape index (κ2) is 5.62. The van der Waals surface area contributed by atoms with Gasteiger partial charge in [0.15, 0.2) is 0 Å². The second-order valence-electron chi connectivity index (χ2n) is 4.05. The van der Waals surface area contributed by atoms with Gasteiger partial charge in [0.1, 0.15) is 0 Å². The van der Waals surface area contributed by atoms with Crippen molar-refractivity contribution in [3.05, 3.63) is 65.2 Å². The van der Waals surface area contributed by atoms with Gasteiger partial charge in [-0.05, 0) is 48.9 Å². The Morgan fingerprint density at radius 1 is 0.842 bits per heavy atom. The summed E-state index contributed by atoms with van der Waals surface area (Å²) < 4.78 is 0. The largest absolute Gasteiger partial charge is 0.253 e. The lowest BCUT2D eigenvalue weighted by molar-refractivity contribution is 1.44. The topological polar surface area (TPSA) is 59.9 Å². The van der Waals surface area contributed by atoms with Crippen LogP contribution in [0, 0.1) is 22.7 Å². The maximum atomic E-state index is 8.75. The van der Waals surface area contributed by atoms with E-state index in [1.807, 2.05) is 31.2 Å². The minimum Gasteiger partial charge on any atom is -0.253 e. The van der Waals surface area contributed by atoms with Gasteiger partial charge in [-0.15, -0.1) is 0 Å². The zero-order valence-electron chi connectivity index (χ0n) is 10.5. The van der Waals surface area contributed by atoms with E-state index in [4.69, 9.17) is 10.5 Å². The fourth-order valence-electron chi connectivity index (χ4n) is 1.65. The molecule has 2 aromatic carbocycles. The molecular formula is C16H11N3. The molecule has 0 atom stereocenters. The maximum Gasteiger partial charge on any atom is 0.0991 e. The van der Waals surface area contributed by atoms with Crippen molar-refractivity contribution in [2.24, 2.45) is 4.99 Å². The van der Waals surface area contributed by atoms with Crippen molar-refractivity contribution in [3.63, 3.8) is 0 Å². The second-order valence-corrected chi connectivity index (χ2v) is 4.05. The fraction of sp³-hybridized carbons (Fsp3) is 0.0625. The highest BCUT2D eigenvalue weighted by atomic mass is 14.7. The zero-order valence-corrected chi connectivity index (χ0v) is 10.5. The Bertz CT molecular complexity index is 681. The molecule has 0 radical (unpaired) electrons. The number of nitriles is 2. The van der Waals surface area contributed by atoms with E-state index in [0.29, 0.717) is 11.1 Å². The average molecular weight is 245 g/mol. The highest BCUT2D eigenvalue weighted by Crippen LogP contribution is 2.15. The molecule has 0 aliphatic carbocycles. The molecule has 0 fully saturated rings. The lowest BCUT2D eigenvalue weighted by Gasteiger charge is -2.01. The Balaban J connectivity index is 2.26. The van der Waals surface area contributed by atoms with E-state index in [2.05, 4.69) is 17.1 Å². The molecule has 2 aromatic rings. The average Bonchev–Trinajstić information content (AvgIpc) is 2.48. The predicted octanol–water partition coefficient (Wildman–Crippen LogP) is 3.57. The fourth-order valence-corrected chi connectivity index (χ4v) is 1.65. The van der Waals surface area contributed by atoms with Crippen LogP contribution in [0.3, 0.4) is 0 Å². The normalized spacial score (nSPS) is 10.6. The number of nitrogens with zero attached hydrogens (tertiary/aromatic N) is 3. The monoisotopic (exact) mass is 245 g/mol. The van der Waals surface area contributed by atoms with Crippen molar-refractivity contribution >= 4 is 11.4 Å². The molecule has 0 saturated heterocycles. The smallest absolute Gasteiger partial charge is 0.0991 e. The number of aliphatic imine (C=N–C) groups is 1. The van der Waals surface area contributed by atoms with Gasteiger partial charge in [0.2, 0.25) is 0 Å². The third-order valence-electron chi connectivity index (χ3n) is 2.72. The van der Waals surface area contributed by atoms with Crippen molar-refractivity contribution in [1.82, 2.24) is 0 Å². The molecule has 0 aliphatic heterocycles. The Hall–Kier alpha value is -2.91. The molecule has 90 valence electrons. The van der Waals surface area contributed by atoms with E-state index in [1.54, 1.807) is 24.3 Å². The van der Waals surface area contributed by atoms with Crippen molar-refractivity contribution < 1.29 is 0 Å². The minimum absolute atomic E-state index is 0.620. The van der Waals surface area contributed by atoms with Crippen LogP contribution in [0.25, 0.3) is 0 Å². The molecule has 0 aromatic heterocycles. The summed E-state index contributed by atoms with van der Waals surface area (Å²) in [6.45, 7) is 1.92. The first-order valence-corrected chi connectivity index (χ1v) is 5.79. The van der Waals surface area contributed by atoms with Gasteiger partial charge < -0.3 is 0 Å². The van der Waals surface area contributed by atoms with Crippen LogP contribution in [0.4, 0.5) is 5.69 Å². The quantitative estimate of drug-likeness (QED) is 0.759. The summed E-state index contributed by atoms with van der Waals surface area (Å²) >= 11 is 0. The number of hydrogen-bond donors (Lipinski definition) is 0. The third-order valence-corrected chi connectivity index (χ3v) is 2.72. The van der Waals surface area contributed by atoms with Crippen LogP contribution in [0.1, 0.15) is 23.6 Å². The molecule has 0 unspecified atom stereocenters. The SMILES string of the molecule is CC(=Nc1ccc(C#N)cc1)c1ccc(C#N)cc1. The summed E-state index contributed by atoms with van der Waals surface area (Å²) in [5.74, 6) is 0. The molecule has 0 amide bonds. The molecule has 3 heteroatoms. The highest BCUT2D eigenvalue weighted by Gasteiger charge is 1.99. The van der Waals surface area contributed by atoms with Crippen LogP contribution >= 0.6 is 0 Å². The van der Waals surface area contributed by atoms with Crippen LogP contribution in [0.15, 0.2) is 53.5 Å². The van der Waals surface area contributed by atoms with Gasteiger partial charge in [0, 0.05) is 5.71 Å². The standard InChI is InChI=1S/C16H11N3/c1-12(15-6-2-13(10-17)3-7-15)19-16-8-4-14(11-18)5-9-16/h2-9H,1H3. The first-order chi connectivity index (χ1) is 9.22. The van der Waals surface area contributed by atoms with Gasteiger partial charge in [-0.2, -0.15) is 10.5 Å². The van der Waals surface area contributed by atoms with Gasteiger partial charge >= 0.3 is 0 Å². The molecule has 0 saturated carbocycles. The van der Waals surface area contributed by atoms with Gasteiger partial charge in [-0.1, -0.05) is 12.1 Å². The summed E-state index contributed by atoms with van der Waals surface area (Å²) in [4.78, 5) is 4.48. The molecule has 0 aliphatic rings. The number of benzene rings is 2. The Kier molecular flexibility index (Phi) is 3.71. The van der Waals surface area contributed by atoms with Crippen molar-refractivity contribution in [2.75, 3.05) is 0 Å². The van der Waals surface area contributed by atoms with Crippen molar-refractivity contribution in [1.29, 1.82) is 10.5 Å². The third kappa shape index (κ3) is 3.06. The molecular weight excluding hydrogens is 234 g/mol. The Labute approximate surface area is 112 Å². The van der Waals surface area contributed by atoms with Crippen LogP contribution in [-0.2, 0) is 0 Å². The van der Waals surface area contributed by atoms with E-state index in [-0.39, 0.29) is 0 Å². The van der Waals surface area contributed by atoms with Gasteiger partial charge in [0.25, 0.3) is 0 Å². The lowest BCUT2D eigenvalue weighted by atomic mass is 10.1. The van der Waals surface area contributed by atoms with E-state index in [1.165, 1.54) is 0 Å². The van der Waals surface area contributed by atoms with E-state index in [9.17, 15) is 0 Å². The molecule has 0 spiro atoms. The minimum atomic E-state index is 0.620. The zero-order chi connectivity index (χ0) is 13.7. The molecule has 2 rings (SSSR count). The van der Waals surface area contributed by atoms with Crippen molar-refractivity contribution in [3.8, 4) is 12.1 Å². The predicted molar refractivity (Wildman–Crippen MR) is 74.2 cm³/mol. The van der Waals surface area contributed by atoms with E-state index in [0.717, 1.165) is 17.0 Å². The summed E-state index contributed by atoms with van der Waals surface area (Å²) in [6.07, 6.45) is 0. The number of hydrogen-bond acceptors (Lipinski definition) is 3. The van der Waals surface area contributed by atoms with Crippen LogP contribution in [-0.4, -0.2) is 5.71 Å². The molecule has 0 N–H and O–H groups in total. The van der Waals surface area contributed by atoms with E-state index >= 15 is 0 Å².